The number of hydrogen-bond donors (Lipinski definition) is 1. The van der Waals surface area contributed by atoms with E-state index in [1.807, 2.05) is 24.4 Å². The van der Waals surface area contributed by atoms with E-state index in [0.29, 0.717) is 6.61 Å². The Bertz CT molecular complexity index is 393. The highest BCUT2D eigenvalue weighted by molar-refractivity contribution is 7.10. The Morgan fingerprint density at radius 1 is 1.50 bits per heavy atom. The number of aliphatic hydroxyl groups is 1. The van der Waals surface area contributed by atoms with Crippen molar-refractivity contribution < 1.29 is 14.6 Å². The molecule has 2 aliphatic heterocycles. The van der Waals surface area contributed by atoms with Crippen molar-refractivity contribution in [3.05, 3.63) is 22.4 Å². The van der Waals surface area contributed by atoms with E-state index in [0.717, 1.165) is 37.4 Å². The van der Waals surface area contributed by atoms with Crippen LogP contribution in [0.5, 0.6) is 0 Å². The third-order valence-electron chi connectivity index (χ3n) is 4.38. The molecule has 3 heterocycles. The highest BCUT2D eigenvalue weighted by Crippen LogP contribution is 2.44. The third kappa shape index (κ3) is 2.11. The molecule has 4 heteroatoms. The maximum absolute atomic E-state index is 10.9. The largest absolute Gasteiger partial charge is 0.384 e. The first-order chi connectivity index (χ1) is 8.62. The molecule has 100 valence electrons. The highest BCUT2D eigenvalue weighted by Gasteiger charge is 2.46. The van der Waals surface area contributed by atoms with Gasteiger partial charge in [-0.05, 0) is 37.1 Å². The predicted molar refractivity (Wildman–Crippen MR) is 70.7 cm³/mol. The van der Waals surface area contributed by atoms with Crippen molar-refractivity contribution in [1.82, 2.24) is 0 Å². The van der Waals surface area contributed by atoms with Crippen molar-refractivity contribution in [3.63, 3.8) is 0 Å². The molecule has 2 aliphatic rings. The highest BCUT2D eigenvalue weighted by atomic mass is 32.1. The van der Waals surface area contributed by atoms with Gasteiger partial charge in [0.25, 0.3) is 0 Å². The van der Waals surface area contributed by atoms with Crippen LogP contribution in [-0.4, -0.2) is 30.5 Å². The lowest BCUT2D eigenvalue weighted by Crippen LogP contribution is -2.46. The van der Waals surface area contributed by atoms with Gasteiger partial charge in [0.1, 0.15) is 0 Å². The summed E-state index contributed by atoms with van der Waals surface area (Å²) in [5, 5.41) is 12.9. The van der Waals surface area contributed by atoms with Gasteiger partial charge in [-0.15, -0.1) is 11.3 Å². The minimum Gasteiger partial charge on any atom is -0.384 e. The Kier molecular flexibility index (Phi) is 3.22. The fourth-order valence-corrected chi connectivity index (χ4v) is 4.00. The SMILES string of the molecule is CC(O)(c1cccs1)C1CCOC2(CCOC2)C1. The predicted octanol–water partition coefficient (Wildman–Crippen LogP) is 2.54. The van der Waals surface area contributed by atoms with Crippen molar-refractivity contribution in [2.24, 2.45) is 5.92 Å². The molecule has 0 radical (unpaired) electrons. The molecule has 3 unspecified atom stereocenters. The van der Waals surface area contributed by atoms with Gasteiger partial charge in [0.2, 0.25) is 0 Å². The molecule has 1 aromatic rings. The quantitative estimate of drug-likeness (QED) is 0.896. The second kappa shape index (κ2) is 4.60. The average molecular weight is 268 g/mol. The summed E-state index contributed by atoms with van der Waals surface area (Å²) in [7, 11) is 0. The molecule has 2 saturated heterocycles. The topological polar surface area (TPSA) is 38.7 Å². The number of hydrogen-bond acceptors (Lipinski definition) is 4. The van der Waals surface area contributed by atoms with E-state index in [4.69, 9.17) is 9.47 Å². The minimum atomic E-state index is -0.743. The lowest BCUT2D eigenvalue weighted by atomic mass is 9.75. The van der Waals surface area contributed by atoms with Crippen LogP contribution < -0.4 is 0 Å². The first kappa shape index (κ1) is 12.6. The van der Waals surface area contributed by atoms with Gasteiger partial charge >= 0.3 is 0 Å². The maximum atomic E-state index is 10.9. The van der Waals surface area contributed by atoms with Gasteiger partial charge in [-0.2, -0.15) is 0 Å². The monoisotopic (exact) mass is 268 g/mol. The molecule has 0 amide bonds. The van der Waals surface area contributed by atoms with E-state index in [-0.39, 0.29) is 11.5 Å². The van der Waals surface area contributed by atoms with Crippen molar-refractivity contribution >= 4 is 11.3 Å². The van der Waals surface area contributed by atoms with Gasteiger partial charge in [0, 0.05) is 24.5 Å². The van der Waals surface area contributed by atoms with E-state index in [2.05, 4.69) is 0 Å². The smallest absolute Gasteiger partial charge is 0.0989 e. The van der Waals surface area contributed by atoms with Crippen LogP contribution in [0.4, 0.5) is 0 Å². The van der Waals surface area contributed by atoms with E-state index in [9.17, 15) is 5.11 Å². The maximum Gasteiger partial charge on any atom is 0.0989 e. The van der Waals surface area contributed by atoms with Gasteiger partial charge in [-0.1, -0.05) is 6.07 Å². The lowest BCUT2D eigenvalue weighted by molar-refractivity contribution is -0.140. The standard InChI is InChI=1S/C14H20O3S/c1-13(15,12-3-2-8-18-12)11-4-6-17-14(9-11)5-7-16-10-14/h2-3,8,11,15H,4-7,9-10H2,1H3. The molecule has 3 rings (SSSR count). The Labute approximate surface area is 112 Å². The van der Waals surface area contributed by atoms with Crippen molar-refractivity contribution in [1.29, 1.82) is 0 Å². The summed E-state index contributed by atoms with van der Waals surface area (Å²) in [4.78, 5) is 1.06. The molecule has 18 heavy (non-hydrogen) atoms. The van der Waals surface area contributed by atoms with Gasteiger partial charge in [0.05, 0.1) is 17.8 Å². The summed E-state index contributed by atoms with van der Waals surface area (Å²) < 4.78 is 11.4. The molecule has 2 fully saturated rings. The average Bonchev–Trinajstić information content (AvgIpc) is 3.01. The minimum absolute atomic E-state index is 0.135. The van der Waals surface area contributed by atoms with E-state index >= 15 is 0 Å². The molecular formula is C14H20O3S. The molecular weight excluding hydrogens is 248 g/mol. The number of rotatable bonds is 2. The van der Waals surface area contributed by atoms with Crippen LogP contribution in [0.2, 0.25) is 0 Å². The molecule has 1 aromatic heterocycles. The second-order valence-corrected chi connectivity index (χ2v) is 6.60. The fourth-order valence-electron chi connectivity index (χ4n) is 3.14. The fraction of sp³-hybridized carbons (Fsp3) is 0.714. The van der Waals surface area contributed by atoms with Crippen LogP contribution >= 0.6 is 11.3 Å². The summed E-state index contributed by atoms with van der Waals surface area (Å²) in [5.41, 5.74) is -0.877. The second-order valence-electron chi connectivity index (χ2n) is 5.65. The van der Waals surface area contributed by atoms with E-state index < -0.39 is 5.60 Å². The molecule has 1 spiro atoms. The van der Waals surface area contributed by atoms with Crippen molar-refractivity contribution in [3.8, 4) is 0 Å². The van der Waals surface area contributed by atoms with Crippen LogP contribution in [0.15, 0.2) is 17.5 Å². The van der Waals surface area contributed by atoms with Gasteiger partial charge in [-0.3, -0.25) is 0 Å². The summed E-state index contributed by atoms with van der Waals surface area (Å²) in [6.07, 6.45) is 2.79. The summed E-state index contributed by atoms with van der Waals surface area (Å²) in [5.74, 6) is 0.256. The normalized spacial score (nSPS) is 35.8. The van der Waals surface area contributed by atoms with Gasteiger partial charge in [0.15, 0.2) is 0 Å². The Balaban J connectivity index is 1.79. The van der Waals surface area contributed by atoms with Crippen LogP contribution in [-0.2, 0) is 15.1 Å². The molecule has 0 saturated carbocycles. The zero-order valence-corrected chi connectivity index (χ0v) is 11.5. The van der Waals surface area contributed by atoms with Crippen LogP contribution in [0, 0.1) is 5.92 Å². The lowest BCUT2D eigenvalue weighted by Gasteiger charge is -2.42. The zero-order chi connectivity index (χ0) is 12.6. The van der Waals surface area contributed by atoms with Crippen molar-refractivity contribution in [2.45, 2.75) is 37.4 Å². The molecule has 0 aromatic carbocycles. The summed E-state index contributed by atoms with van der Waals surface area (Å²) in [6.45, 7) is 4.14. The Morgan fingerprint density at radius 2 is 2.39 bits per heavy atom. The van der Waals surface area contributed by atoms with E-state index in [1.165, 1.54) is 0 Å². The molecule has 1 N–H and O–H groups in total. The third-order valence-corrected chi connectivity index (χ3v) is 5.47. The zero-order valence-electron chi connectivity index (χ0n) is 10.7. The molecule has 0 bridgehead atoms. The molecule has 0 aliphatic carbocycles. The van der Waals surface area contributed by atoms with Crippen LogP contribution in [0.1, 0.15) is 31.1 Å². The van der Waals surface area contributed by atoms with Crippen LogP contribution in [0.3, 0.4) is 0 Å². The summed E-state index contributed by atoms with van der Waals surface area (Å²) >= 11 is 1.63. The molecule has 3 nitrogen and oxygen atoms in total. The first-order valence-electron chi connectivity index (χ1n) is 6.60. The Hall–Kier alpha value is -0.420. The van der Waals surface area contributed by atoms with Gasteiger partial charge in [-0.25, -0.2) is 0 Å². The summed E-state index contributed by atoms with van der Waals surface area (Å²) in [6, 6.07) is 4.03. The van der Waals surface area contributed by atoms with E-state index in [1.54, 1.807) is 11.3 Å². The number of ether oxygens (including phenoxy) is 2. The van der Waals surface area contributed by atoms with Crippen molar-refractivity contribution in [2.75, 3.05) is 19.8 Å². The Morgan fingerprint density at radius 3 is 3.06 bits per heavy atom. The number of thiophene rings is 1. The van der Waals surface area contributed by atoms with Crippen LogP contribution in [0.25, 0.3) is 0 Å². The van der Waals surface area contributed by atoms with Gasteiger partial charge < -0.3 is 14.6 Å². The molecule has 3 atom stereocenters. The first-order valence-corrected chi connectivity index (χ1v) is 7.48.